The van der Waals surface area contributed by atoms with E-state index in [-0.39, 0.29) is 23.2 Å². The van der Waals surface area contributed by atoms with Crippen molar-refractivity contribution in [3.63, 3.8) is 0 Å². The molecule has 0 radical (unpaired) electrons. The van der Waals surface area contributed by atoms with Crippen LogP contribution in [0.2, 0.25) is 5.15 Å². The van der Waals surface area contributed by atoms with Crippen molar-refractivity contribution in [2.24, 2.45) is 12.8 Å². The maximum atomic E-state index is 12.6. The first-order chi connectivity index (χ1) is 7.23. The fraction of sp³-hybridized carbons (Fsp3) is 0.667. The van der Waals surface area contributed by atoms with Gasteiger partial charge in [0, 0.05) is 18.7 Å². The van der Waals surface area contributed by atoms with Crippen LogP contribution >= 0.6 is 11.6 Å². The molecule has 0 unspecified atom stereocenters. The zero-order chi connectivity index (χ0) is 12.5. The summed E-state index contributed by atoms with van der Waals surface area (Å²) in [5.74, 6) is 0. The molecule has 0 aliphatic carbocycles. The summed E-state index contributed by atoms with van der Waals surface area (Å²) in [4.78, 5) is 0. The third kappa shape index (κ3) is 2.89. The van der Waals surface area contributed by atoms with Crippen LogP contribution in [-0.2, 0) is 19.6 Å². The van der Waals surface area contributed by atoms with Crippen LogP contribution in [0.15, 0.2) is 0 Å². The van der Waals surface area contributed by atoms with Crippen molar-refractivity contribution < 1.29 is 13.2 Å². The van der Waals surface area contributed by atoms with E-state index in [0.29, 0.717) is 6.42 Å². The molecule has 1 rings (SSSR count). The minimum absolute atomic E-state index is 0.0213. The number of rotatable bonds is 3. The molecule has 0 aliphatic rings. The van der Waals surface area contributed by atoms with E-state index in [1.54, 1.807) is 6.92 Å². The number of halogens is 4. The third-order valence-corrected chi connectivity index (χ3v) is 2.66. The molecule has 16 heavy (non-hydrogen) atoms. The minimum atomic E-state index is -4.47. The van der Waals surface area contributed by atoms with Crippen LogP contribution in [0.1, 0.15) is 24.6 Å². The molecule has 0 fully saturated rings. The predicted octanol–water partition coefficient (Wildman–Crippen LogP) is 2.37. The summed E-state index contributed by atoms with van der Waals surface area (Å²) in [6.07, 6.45) is -3.86. The van der Waals surface area contributed by atoms with Gasteiger partial charge in [0.1, 0.15) is 5.15 Å². The van der Waals surface area contributed by atoms with Crippen molar-refractivity contribution in [1.82, 2.24) is 9.78 Å². The molecule has 0 amide bonds. The highest BCUT2D eigenvalue weighted by atomic mass is 35.5. The SMILES string of the molecule is C[C@@H](N)CCc1c(C(F)(F)F)nn(C)c1Cl. The van der Waals surface area contributed by atoms with Crippen molar-refractivity contribution >= 4 is 11.6 Å². The van der Waals surface area contributed by atoms with Crippen LogP contribution in [0.3, 0.4) is 0 Å². The minimum Gasteiger partial charge on any atom is -0.328 e. The fourth-order valence-corrected chi connectivity index (χ4v) is 1.59. The second-order valence-corrected chi connectivity index (χ2v) is 4.11. The molecular formula is C9H13ClF3N3. The van der Waals surface area contributed by atoms with Gasteiger partial charge in [-0.3, -0.25) is 4.68 Å². The van der Waals surface area contributed by atoms with Crippen molar-refractivity contribution in [2.75, 3.05) is 0 Å². The van der Waals surface area contributed by atoms with Gasteiger partial charge in [0.15, 0.2) is 5.69 Å². The summed E-state index contributed by atoms with van der Waals surface area (Å²) in [5, 5.41) is 3.40. The normalized spacial score (nSPS) is 14.2. The van der Waals surface area contributed by atoms with Crippen molar-refractivity contribution in [3.8, 4) is 0 Å². The standard InChI is InChI=1S/C9H13ClF3N3/c1-5(14)3-4-6-7(9(11,12)13)15-16(2)8(6)10/h5H,3-4,14H2,1-2H3/t5-/m1/s1. The van der Waals surface area contributed by atoms with Crippen LogP contribution in [-0.4, -0.2) is 15.8 Å². The molecule has 1 aromatic rings. The maximum absolute atomic E-state index is 12.6. The Kier molecular flexibility index (Phi) is 3.85. The Labute approximate surface area is 96.4 Å². The van der Waals surface area contributed by atoms with E-state index in [1.165, 1.54) is 7.05 Å². The Morgan fingerprint density at radius 3 is 2.50 bits per heavy atom. The van der Waals surface area contributed by atoms with Crippen molar-refractivity contribution in [2.45, 2.75) is 32.0 Å². The summed E-state index contributed by atoms with van der Waals surface area (Å²) in [5.41, 5.74) is 4.61. The number of hydrogen-bond acceptors (Lipinski definition) is 2. The number of aromatic nitrogens is 2. The van der Waals surface area contributed by atoms with E-state index in [4.69, 9.17) is 17.3 Å². The van der Waals surface area contributed by atoms with Gasteiger partial charge in [-0.05, 0) is 19.8 Å². The monoisotopic (exact) mass is 255 g/mol. The lowest BCUT2D eigenvalue weighted by Crippen LogP contribution is -2.17. The molecule has 0 spiro atoms. The first kappa shape index (κ1) is 13.3. The van der Waals surface area contributed by atoms with Gasteiger partial charge in [0.2, 0.25) is 0 Å². The molecule has 92 valence electrons. The first-order valence-corrected chi connectivity index (χ1v) is 5.15. The molecular weight excluding hydrogens is 243 g/mol. The molecule has 0 bridgehead atoms. The molecule has 0 aliphatic heterocycles. The smallest absolute Gasteiger partial charge is 0.328 e. The van der Waals surface area contributed by atoms with Crippen molar-refractivity contribution in [3.05, 3.63) is 16.4 Å². The number of hydrogen-bond donors (Lipinski definition) is 1. The molecule has 3 nitrogen and oxygen atoms in total. The quantitative estimate of drug-likeness (QED) is 0.901. The molecule has 0 aromatic carbocycles. The average Bonchev–Trinajstić information content (AvgIpc) is 2.40. The lowest BCUT2D eigenvalue weighted by atomic mass is 10.1. The fourth-order valence-electron chi connectivity index (χ4n) is 1.37. The van der Waals surface area contributed by atoms with Crippen LogP contribution in [0.5, 0.6) is 0 Å². The van der Waals surface area contributed by atoms with E-state index >= 15 is 0 Å². The summed E-state index contributed by atoms with van der Waals surface area (Å²) in [6.45, 7) is 1.73. The Morgan fingerprint density at radius 1 is 1.50 bits per heavy atom. The molecule has 0 saturated carbocycles. The molecule has 0 saturated heterocycles. The van der Waals surface area contributed by atoms with E-state index in [0.717, 1.165) is 4.68 Å². The lowest BCUT2D eigenvalue weighted by Gasteiger charge is -2.07. The summed E-state index contributed by atoms with van der Waals surface area (Å²) < 4.78 is 38.8. The number of nitrogens with zero attached hydrogens (tertiary/aromatic N) is 2. The topological polar surface area (TPSA) is 43.8 Å². The Hall–Kier alpha value is -0.750. The van der Waals surface area contributed by atoms with Crippen LogP contribution < -0.4 is 5.73 Å². The van der Waals surface area contributed by atoms with Gasteiger partial charge < -0.3 is 5.73 Å². The molecule has 1 heterocycles. The molecule has 1 aromatic heterocycles. The highest BCUT2D eigenvalue weighted by Gasteiger charge is 2.38. The van der Waals surface area contributed by atoms with E-state index in [2.05, 4.69) is 5.10 Å². The highest BCUT2D eigenvalue weighted by Crippen LogP contribution is 2.34. The van der Waals surface area contributed by atoms with Crippen LogP contribution in [0.25, 0.3) is 0 Å². The zero-order valence-corrected chi connectivity index (χ0v) is 9.73. The molecule has 1 atom stereocenters. The van der Waals surface area contributed by atoms with E-state index in [9.17, 15) is 13.2 Å². The summed E-state index contributed by atoms with van der Waals surface area (Å²) in [7, 11) is 1.38. The van der Waals surface area contributed by atoms with E-state index in [1.807, 2.05) is 0 Å². The maximum Gasteiger partial charge on any atom is 0.435 e. The zero-order valence-electron chi connectivity index (χ0n) is 8.98. The van der Waals surface area contributed by atoms with Gasteiger partial charge >= 0.3 is 6.18 Å². The molecule has 7 heteroatoms. The van der Waals surface area contributed by atoms with Crippen molar-refractivity contribution in [1.29, 1.82) is 0 Å². The Balaban J connectivity index is 3.05. The largest absolute Gasteiger partial charge is 0.435 e. The van der Waals surface area contributed by atoms with E-state index < -0.39 is 11.9 Å². The van der Waals surface area contributed by atoms with Gasteiger partial charge in [-0.15, -0.1) is 0 Å². The first-order valence-electron chi connectivity index (χ1n) is 4.77. The van der Waals surface area contributed by atoms with Gasteiger partial charge in [-0.2, -0.15) is 18.3 Å². The third-order valence-electron chi connectivity index (χ3n) is 2.19. The molecule has 2 N–H and O–H groups in total. The number of alkyl halides is 3. The second kappa shape index (κ2) is 4.63. The highest BCUT2D eigenvalue weighted by molar-refractivity contribution is 6.30. The van der Waals surface area contributed by atoms with Gasteiger partial charge in [-0.25, -0.2) is 0 Å². The Bertz CT molecular complexity index is 371. The lowest BCUT2D eigenvalue weighted by molar-refractivity contribution is -0.142. The number of nitrogens with two attached hydrogens (primary N) is 1. The predicted molar refractivity (Wildman–Crippen MR) is 55.2 cm³/mol. The Morgan fingerprint density at radius 2 is 2.06 bits per heavy atom. The van der Waals surface area contributed by atoms with Gasteiger partial charge in [0.05, 0.1) is 0 Å². The number of aryl methyl sites for hydroxylation is 1. The van der Waals surface area contributed by atoms with Crippen LogP contribution in [0.4, 0.5) is 13.2 Å². The summed E-state index contributed by atoms with van der Waals surface area (Å²) in [6, 6.07) is -0.169. The summed E-state index contributed by atoms with van der Waals surface area (Å²) >= 11 is 5.76. The average molecular weight is 256 g/mol. The second-order valence-electron chi connectivity index (χ2n) is 3.76. The van der Waals surface area contributed by atoms with Gasteiger partial charge in [-0.1, -0.05) is 11.6 Å². The van der Waals surface area contributed by atoms with Crippen LogP contribution in [0, 0.1) is 0 Å². The van der Waals surface area contributed by atoms with Gasteiger partial charge in [0.25, 0.3) is 0 Å².